The molecule has 1 aromatic rings. The van der Waals surface area contributed by atoms with E-state index in [1.807, 2.05) is 6.26 Å². The summed E-state index contributed by atoms with van der Waals surface area (Å²) in [5, 5.41) is 14.2. The van der Waals surface area contributed by atoms with Gasteiger partial charge in [-0.2, -0.15) is 11.8 Å². The summed E-state index contributed by atoms with van der Waals surface area (Å²) in [6.45, 7) is 0.734. The number of nitro groups is 1. The maximum absolute atomic E-state index is 10.6. The first-order chi connectivity index (χ1) is 8.06. The third-order valence-electron chi connectivity index (χ3n) is 2.06. The molecule has 0 amide bonds. The maximum atomic E-state index is 10.6. The average Bonchev–Trinajstić information content (AvgIpc) is 2.26. The monoisotopic (exact) mass is 294 g/mol. The summed E-state index contributed by atoms with van der Waals surface area (Å²) >= 11 is 13.6. The fourth-order valence-corrected chi connectivity index (χ4v) is 2.31. The number of non-ortho nitro benzene ring substituents is 1. The molecule has 0 saturated carbocycles. The van der Waals surface area contributed by atoms with Crippen molar-refractivity contribution in [1.82, 2.24) is 0 Å². The predicted molar refractivity (Wildman–Crippen MR) is 74.6 cm³/mol. The Bertz CT molecular complexity index is 392. The summed E-state index contributed by atoms with van der Waals surface area (Å²) in [5.41, 5.74) is 0.453. The summed E-state index contributed by atoms with van der Waals surface area (Å²) < 4.78 is 0. The average molecular weight is 295 g/mol. The largest absolute Gasteiger partial charge is 0.383 e. The van der Waals surface area contributed by atoms with Crippen LogP contribution in [0.15, 0.2) is 12.1 Å². The highest BCUT2D eigenvalue weighted by Gasteiger charge is 2.13. The number of hydrogen-bond acceptors (Lipinski definition) is 4. The molecule has 1 N–H and O–H groups in total. The van der Waals surface area contributed by atoms with Crippen LogP contribution in [0.2, 0.25) is 10.0 Å². The number of benzene rings is 1. The van der Waals surface area contributed by atoms with Gasteiger partial charge in [-0.15, -0.1) is 0 Å². The van der Waals surface area contributed by atoms with Crippen LogP contribution in [0, 0.1) is 10.1 Å². The van der Waals surface area contributed by atoms with Crippen LogP contribution < -0.4 is 5.32 Å². The zero-order chi connectivity index (χ0) is 12.8. The molecule has 0 saturated heterocycles. The Morgan fingerprint density at radius 2 is 2.00 bits per heavy atom. The molecule has 7 heteroatoms. The molecule has 0 unspecified atom stereocenters. The first-order valence-electron chi connectivity index (χ1n) is 4.92. The molecule has 0 aliphatic carbocycles. The van der Waals surface area contributed by atoms with Crippen LogP contribution in [0.5, 0.6) is 0 Å². The van der Waals surface area contributed by atoms with Gasteiger partial charge in [-0.05, 0) is 18.4 Å². The van der Waals surface area contributed by atoms with Crippen molar-refractivity contribution in [3.05, 3.63) is 32.3 Å². The number of halogens is 2. The van der Waals surface area contributed by atoms with Gasteiger partial charge in [-0.3, -0.25) is 10.1 Å². The second kappa shape index (κ2) is 6.93. The number of rotatable bonds is 6. The van der Waals surface area contributed by atoms with Crippen LogP contribution in [-0.4, -0.2) is 23.5 Å². The van der Waals surface area contributed by atoms with Gasteiger partial charge in [0.05, 0.1) is 20.7 Å². The zero-order valence-corrected chi connectivity index (χ0v) is 11.5. The summed E-state index contributed by atoms with van der Waals surface area (Å²) in [5.74, 6) is 1.04. The first kappa shape index (κ1) is 14.4. The van der Waals surface area contributed by atoms with Crippen molar-refractivity contribution in [2.75, 3.05) is 23.9 Å². The molecular weight excluding hydrogens is 283 g/mol. The Morgan fingerprint density at radius 3 is 2.47 bits per heavy atom. The second-order valence-electron chi connectivity index (χ2n) is 3.31. The van der Waals surface area contributed by atoms with E-state index in [2.05, 4.69) is 5.32 Å². The molecule has 0 heterocycles. The van der Waals surface area contributed by atoms with Crippen LogP contribution in [0.1, 0.15) is 6.42 Å². The number of nitrogens with one attached hydrogen (secondary N) is 1. The minimum Gasteiger partial charge on any atom is -0.383 e. The molecule has 1 aromatic carbocycles. The van der Waals surface area contributed by atoms with E-state index < -0.39 is 4.92 Å². The lowest BCUT2D eigenvalue weighted by Crippen LogP contribution is -2.04. The third-order valence-corrected chi connectivity index (χ3v) is 3.36. The fourth-order valence-electron chi connectivity index (χ4n) is 1.26. The van der Waals surface area contributed by atoms with E-state index in [0.717, 1.165) is 18.7 Å². The van der Waals surface area contributed by atoms with Gasteiger partial charge in [-0.25, -0.2) is 0 Å². The second-order valence-corrected chi connectivity index (χ2v) is 5.11. The molecule has 94 valence electrons. The number of nitro benzene ring substituents is 1. The Morgan fingerprint density at radius 1 is 1.41 bits per heavy atom. The number of nitrogens with zero attached hydrogens (tertiary/aromatic N) is 1. The quantitative estimate of drug-likeness (QED) is 0.488. The minimum atomic E-state index is -0.519. The normalized spacial score (nSPS) is 10.3. The van der Waals surface area contributed by atoms with Crippen LogP contribution >= 0.6 is 35.0 Å². The molecule has 0 atom stereocenters. The highest BCUT2D eigenvalue weighted by Crippen LogP contribution is 2.34. The lowest BCUT2D eigenvalue weighted by Gasteiger charge is -2.09. The van der Waals surface area contributed by atoms with Crippen LogP contribution in [0.3, 0.4) is 0 Å². The van der Waals surface area contributed by atoms with Crippen molar-refractivity contribution in [3.63, 3.8) is 0 Å². The molecule has 4 nitrogen and oxygen atoms in total. The summed E-state index contributed by atoms with van der Waals surface area (Å²) in [7, 11) is 0. The van der Waals surface area contributed by atoms with E-state index in [9.17, 15) is 10.1 Å². The summed E-state index contributed by atoms with van der Waals surface area (Å²) in [6.07, 6.45) is 3.01. The lowest BCUT2D eigenvalue weighted by atomic mass is 10.2. The standard InChI is InChI=1S/C10H12Cl2N2O2S/c1-17-4-2-3-13-10-8(11)5-7(14(15)16)6-9(10)12/h5-6,13H,2-4H2,1H3. The minimum absolute atomic E-state index is 0.102. The van der Waals surface area contributed by atoms with Crippen molar-refractivity contribution in [2.45, 2.75) is 6.42 Å². The van der Waals surface area contributed by atoms with Gasteiger partial charge in [0, 0.05) is 18.7 Å². The molecule has 0 spiro atoms. The molecule has 0 radical (unpaired) electrons. The molecule has 0 aliphatic rings. The van der Waals surface area contributed by atoms with Crippen molar-refractivity contribution < 1.29 is 4.92 Å². The first-order valence-corrected chi connectivity index (χ1v) is 7.07. The molecule has 0 fully saturated rings. The topological polar surface area (TPSA) is 55.2 Å². The van der Waals surface area contributed by atoms with Crippen molar-refractivity contribution in [3.8, 4) is 0 Å². The van der Waals surface area contributed by atoms with Gasteiger partial charge < -0.3 is 5.32 Å². The molecule has 17 heavy (non-hydrogen) atoms. The molecular formula is C10H12Cl2N2O2S. The van der Waals surface area contributed by atoms with Gasteiger partial charge in [0.2, 0.25) is 0 Å². The maximum Gasteiger partial charge on any atom is 0.272 e. The Balaban J connectivity index is 2.76. The van der Waals surface area contributed by atoms with E-state index in [1.54, 1.807) is 11.8 Å². The summed E-state index contributed by atoms with van der Waals surface area (Å²) in [6, 6.07) is 2.59. The van der Waals surface area contributed by atoms with Crippen LogP contribution in [0.4, 0.5) is 11.4 Å². The van der Waals surface area contributed by atoms with E-state index in [1.165, 1.54) is 12.1 Å². The van der Waals surface area contributed by atoms with Crippen molar-refractivity contribution in [2.24, 2.45) is 0 Å². The van der Waals surface area contributed by atoms with Crippen molar-refractivity contribution in [1.29, 1.82) is 0 Å². The Kier molecular flexibility index (Phi) is 5.88. The van der Waals surface area contributed by atoms with Gasteiger partial charge in [0.1, 0.15) is 0 Å². The van der Waals surface area contributed by atoms with Gasteiger partial charge in [0.25, 0.3) is 5.69 Å². The highest BCUT2D eigenvalue weighted by atomic mass is 35.5. The molecule has 0 aliphatic heterocycles. The fraction of sp³-hybridized carbons (Fsp3) is 0.400. The molecule has 1 rings (SSSR count). The number of anilines is 1. The third kappa shape index (κ3) is 4.26. The SMILES string of the molecule is CSCCCNc1c(Cl)cc([N+](=O)[O-])cc1Cl. The van der Waals surface area contributed by atoms with Crippen LogP contribution in [-0.2, 0) is 0 Å². The Hall–Kier alpha value is -0.650. The van der Waals surface area contributed by atoms with Crippen molar-refractivity contribution >= 4 is 46.3 Å². The van der Waals surface area contributed by atoms with Gasteiger partial charge >= 0.3 is 0 Å². The van der Waals surface area contributed by atoms with E-state index in [0.29, 0.717) is 5.69 Å². The lowest BCUT2D eigenvalue weighted by molar-refractivity contribution is -0.384. The van der Waals surface area contributed by atoms with Gasteiger partial charge in [0.15, 0.2) is 0 Å². The predicted octanol–water partition coefficient (Wildman–Crippen LogP) is 4.07. The smallest absolute Gasteiger partial charge is 0.272 e. The zero-order valence-electron chi connectivity index (χ0n) is 9.20. The number of hydrogen-bond donors (Lipinski definition) is 1. The van der Waals surface area contributed by atoms with E-state index >= 15 is 0 Å². The Labute approximate surface area is 114 Å². The van der Waals surface area contributed by atoms with Gasteiger partial charge in [-0.1, -0.05) is 23.2 Å². The van der Waals surface area contributed by atoms with Crippen LogP contribution in [0.25, 0.3) is 0 Å². The highest BCUT2D eigenvalue weighted by molar-refractivity contribution is 7.98. The van der Waals surface area contributed by atoms with E-state index in [4.69, 9.17) is 23.2 Å². The molecule has 0 bridgehead atoms. The number of thioether (sulfide) groups is 1. The van der Waals surface area contributed by atoms with E-state index in [-0.39, 0.29) is 15.7 Å². The molecule has 0 aromatic heterocycles. The summed E-state index contributed by atoms with van der Waals surface area (Å²) in [4.78, 5) is 10.1.